The number of aliphatic hydroxyl groups excluding tert-OH is 1. The first-order chi connectivity index (χ1) is 14.4. The fourth-order valence-electron chi connectivity index (χ4n) is 3.87. The fraction of sp³-hybridized carbons (Fsp3) is 0.417. The molecule has 0 spiro atoms. The normalized spacial score (nSPS) is 20.0. The molecule has 1 aliphatic rings. The monoisotopic (exact) mass is 420 g/mol. The van der Waals surface area contributed by atoms with Crippen LogP contribution in [-0.4, -0.2) is 17.8 Å². The molecular formula is C24H27F3O3. The lowest BCUT2D eigenvalue weighted by Gasteiger charge is -2.29. The zero-order valence-corrected chi connectivity index (χ0v) is 17.0. The summed E-state index contributed by atoms with van der Waals surface area (Å²) >= 11 is 0. The average molecular weight is 420 g/mol. The van der Waals surface area contributed by atoms with Crippen LogP contribution in [0, 0.1) is 17.5 Å². The number of halogens is 3. The molecular weight excluding hydrogens is 393 g/mol. The molecule has 0 saturated heterocycles. The van der Waals surface area contributed by atoms with E-state index in [1.165, 1.54) is 25.1 Å². The van der Waals surface area contributed by atoms with Gasteiger partial charge in [-0.1, -0.05) is 30.9 Å². The van der Waals surface area contributed by atoms with Crippen molar-refractivity contribution in [3.63, 3.8) is 0 Å². The van der Waals surface area contributed by atoms with Gasteiger partial charge in [0.1, 0.15) is 18.2 Å². The van der Waals surface area contributed by atoms with Gasteiger partial charge in [-0.3, -0.25) is 0 Å². The van der Waals surface area contributed by atoms with Crippen LogP contribution < -0.4 is 4.74 Å². The summed E-state index contributed by atoms with van der Waals surface area (Å²) in [5.41, 5.74) is 0.723. The second kappa shape index (κ2) is 10.1. The molecule has 2 aromatic carbocycles. The van der Waals surface area contributed by atoms with Crippen LogP contribution in [0.1, 0.15) is 61.3 Å². The van der Waals surface area contributed by atoms with Crippen LogP contribution in [0.15, 0.2) is 43.0 Å². The Labute approximate surface area is 175 Å². The van der Waals surface area contributed by atoms with Crippen molar-refractivity contribution in [3.8, 4) is 5.75 Å². The Hall–Kier alpha value is -2.31. The molecule has 1 fully saturated rings. The van der Waals surface area contributed by atoms with Crippen LogP contribution in [0.5, 0.6) is 5.75 Å². The number of hydrogen-bond donors (Lipinski definition) is 1. The maximum absolute atomic E-state index is 14.5. The van der Waals surface area contributed by atoms with Crippen molar-refractivity contribution in [1.82, 2.24) is 0 Å². The van der Waals surface area contributed by atoms with E-state index in [2.05, 4.69) is 6.58 Å². The van der Waals surface area contributed by atoms with E-state index in [1.807, 2.05) is 0 Å². The van der Waals surface area contributed by atoms with Crippen LogP contribution in [0.4, 0.5) is 13.2 Å². The summed E-state index contributed by atoms with van der Waals surface area (Å²) in [7, 11) is 0. The average Bonchev–Trinajstić information content (AvgIpc) is 2.73. The number of ether oxygens (including phenoxy) is 2. The first-order valence-electron chi connectivity index (χ1n) is 10.2. The zero-order chi connectivity index (χ0) is 21.7. The molecule has 1 unspecified atom stereocenters. The number of hydrogen-bond acceptors (Lipinski definition) is 3. The summed E-state index contributed by atoms with van der Waals surface area (Å²) in [5.74, 6) is -1.73. The van der Waals surface area contributed by atoms with E-state index >= 15 is 0 Å². The summed E-state index contributed by atoms with van der Waals surface area (Å²) in [4.78, 5) is 0. The van der Waals surface area contributed by atoms with Crippen LogP contribution >= 0.6 is 0 Å². The van der Waals surface area contributed by atoms with E-state index in [0.29, 0.717) is 30.8 Å². The van der Waals surface area contributed by atoms with Gasteiger partial charge in [0.2, 0.25) is 0 Å². The van der Waals surface area contributed by atoms with Gasteiger partial charge in [0.05, 0.1) is 18.8 Å². The Morgan fingerprint density at radius 3 is 2.47 bits per heavy atom. The highest BCUT2D eigenvalue weighted by Crippen LogP contribution is 2.36. The van der Waals surface area contributed by atoms with Crippen molar-refractivity contribution in [3.05, 3.63) is 77.1 Å². The highest BCUT2D eigenvalue weighted by molar-refractivity contribution is 5.31. The molecule has 0 bridgehead atoms. The maximum Gasteiger partial charge on any atom is 0.164 e. The van der Waals surface area contributed by atoms with Crippen LogP contribution in [0.2, 0.25) is 0 Å². The minimum absolute atomic E-state index is 0.0398. The Morgan fingerprint density at radius 1 is 1.10 bits per heavy atom. The molecule has 0 amide bonds. The highest BCUT2D eigenvalue weighted by Gasteiger charge is 2.25. The Balaban J connectivity index is 1.54. The third-order valence-electron chi connectivity index (χ3n) is 5.57. The van der Waals surface area contributed by atoms with Crippen molar-refractivity contribution >= 4 is 0 Å². The Bertz CT molecular complexity index is 874. The third kappa shape index (κ3) is 5.24. The number of aliphatic hydroxyl groups is 1. The minimum atomic E-state index is -1.08. The molecule has 3 rings (SSSR count). The highest BCUT2D eigenvalue weighted by atomic mass is 19.2. The number of rotatable bonds is 8. The van der Waals surface area contributed by atoms with Gasteiger partial charge in [-0.25, -0.2) is 13.2 Å². The molecule has 0 aromatic heterocycles. The van der Waals surface area contributed by atoms with Gasteiger partial charge in [0.25, 0.3) is 0 Å². The molecule has 30 heavy (non-hydrogen) atoms. The SMILES string of the molecule is C=CCOc1ccc(C2CCC(OCc3ccc(C(C)O)c(F)c3F)CC2)c(F)c1. The molecule has 2 aromatic rings. The van der Waals surface area contributed by atoms with E-state index < -0.39 is 17.7 Å². The van der Waals surface area contributed by atoms with Crippen LogP contribution in [0.25, 0.3) is 0 Å². The van der Waals surface area contributed by atoms with Crippen molar-refractivity contribution in [2.24, 2.45) is 0 Å². The smallest absolute Gasteiger partial charge is 0.164 e. The lowest BCUT2D eigenvalue weighted by molar-refractivity contribution is 0.0116. The van der Waals surface area contributed by atoms with E-state index in [0.717, 1.165) is 12.8 Å². The molecule has 0 radical (unpaired) electrons. The van der Waals surface area contributed by atoms with Crippen molar-refractivity contribution in [2.45, 2.75) is 57.3 Å². The van der Waals surface area contributed by atoms with Crippen molar-refractivity contribution in [2.75, 3.05) is 6.61 Å². The van der Waals surface area contributed by atoms with Gasteiger partial charge in [-0.05, 0) is 50.2 Å². The van der Waals surface area contributed by atoms with Crippen LogP contribution in [0.3, 0.4) is 0 Å². The van der Waals surface area contributed by atoms with Gasteiger partial charge in [-0.15, -0.1) is 0 Å². The van der Waals surface area contributed by atoms with E-state index in [4.69, 9.17) is 9.47 Å². The predicted molar refractivity (Wildman–Crippen MR) is 109 cm³/mol. The molecule has 0 heterocycles. The summed E-state index contributed by atoms with van der Waals surface area (Å²) in [6.45, 7) is 5.24. The molecule has 162 valence electrons. The predicted octanol–water partition coefficient (Wildman–Crippen LogP) is 5.97. The Kier molecular flexibility index (Phi) is 7.56. The second-order valence-corrected chi connectivity index (χ2v) is 7.69. The van der Waals surface area contributed by atoms with E-state index in [1.54, 1.807) is 18.2 Å². The minimum Gasteiger partial charge on any atom is -0.489 e. The van der Waals surface area contributed by atoms with Crippen molar-refractivity contribution in [1.29, 1.82) is 0 Å². The van der Waals surface area contributed by atoms with Crippen LogP contribution in [-0.2, 0) is 11.3 Å². The fourth-order valence-corrected chi connectivity index (χ4v) is 3.87. The zero-order valence-electron chi connectivity index (χ0n) is 17.0. The van der Waals surface area contributed by atoms with Gasteiger partial charge >= 0.3 is 0 Å². The Morgan fingerprint density at radius 2 is 1.83 bits per heavy atom. The third-order valence-corrected chi connectivity index (χ3v) is 5.57. The molecule has 1 saturated carbocycles. The molecule has 3 nitrogen and oxygen atoms in total. The standard InChI is InChI=1S/C24H27F3O3/c1-3-12-29-19-9-11-21(22(25)13-19)16-4-7-18(8-5-16)30-14-17-6-10-20(15(2)28)24(27)23(17)26/h3,6,9-11,13,15-16,18,28H,1,4-5,7-8,12,14H2,2H3. The summed E-state index contributed by atoms with van der Waals surface area (Å²) in [6, 6.07) is 7.75. The lowest BCUT2D eigenvalue weighted by atomic mass is 9.82. The maximum atomic E-state index is 14.5. The first-order valence-corrected chi connectivity index (χ1v) is 10.2. The topological polar surface area (TPSA) is 38.7 Å². The lowest BCUT2D eigenvalue weighted by Crippen LogP contribution is -2.21. The number of benzene rings is 2. The first kappa shape index (κ1) is 22.4. The molecule has 0 aliphatic heterocycles. The molecule has 1 N–H and O–H groups in total. The summed E-state index contributed by atoms with van der Waals surface area (Å²) in [5, 5.41) is 9.47. The largest absolute Gasteiger partial charge is 0.489 e. The quantitative estimate of drug-likeness (QED) is 0.535. The molecule has 1 atom stereocenters. The summed E-state index contributed by atoms with van der Waals surface area (Å²) < 4.78 is 53.8. The molecule has 1 aliphatic carbocycles. The van der Waals surface area contributed by atoms with Gasteiger partial charge < -0.3 is 14.6 Å². The van der Waals surface area contributed by atoms with E-state index in [-0.39, 0.29) is 35.6 Å². The van der Waals surface area contributed by atoms with Gasteiger partial charge in [0.15, 0.2) is 11.6 Å². The summed E-state index contributed by atoms with van der Waals surface area (Å²) in [6.07, 6.45) is 3.39. The van der Waals surface area contributed by atoms with Gasteiger partial charge in [0, 0.05) is 17.2 Å². The van der Waals surface area contributed by atoms with Crippen molar-refractivity contribution < 1.29 is 27.8 Å². The van der Waals surface area contributed by atoms with Gasteiger partial charge in [-0.2, -0.15) is 0 Å². The molecule has 6 heteroatoms. The second-order valence-electron chi connectivity index (χ2n) is 7.69. The van der Waals surface area contributed by atoms with E-state index in [9.17, 15) is 18.3 Å².